The van der Waals surface area contributed by atoms with Crippen LogP contribution < -0.4 is 9.47 Å². The summed E-state index contributed by atoms with van der Waals surface area (Å²) >= 11 is 0. The lowest BCUT2D eigenvalue weighted by molar-refractivity contribution is 0.0895. The molecule has 1 saturated heterocycles. The maximum Gasteiger partial charge on any atom is 0.166 e. The van der Waals surface area contributed by atoms with Crippen LogP contribution in [0.5, 0.6) is 11.5 Å². The number of Topliss-reactive ketones (excluding diaryl/α,β-unsaturated/α-hetero) is 1. The van der Waals surface area contributed by atoms with E-state index in [1.165, 1.54) is 18.2 Å². The third-order valence-electron chi connectivity index (χ3n) is 4.08. The summed E-state index contributed by atoms with van der Waals surface area (Å²) in [7, 11) is -6.85. The third kappa shape index (κ3) is 3.93. The Hall–Kier alpha value is -2.33. The van der Waals surface area contributed by atoms with E-state index in [-0.39, 0.29) is 4.90 Å². The first-order chi connectivity index (χ1) is 21.7. The number of ketones is 1. The van der Waals surface area contributed by atoms with Crippen LogP contribution in [0.15, 0.2) is 42.4 Å². The summed E-state index contributed by atoms with van der Waals surface area (Å²) in [5.74, 6) is -10.3. The molecule has 2 aliphatic rings. The van der Waals surface area contributed by atoms with Crippen molar-refractivity contribution < 1.29 is 43.1 Å². The van der Waals surface area contributed by atoms with Gasteiger partial charge < -0.3 is 9.47 Å². The van der Waals surface area contributed by atoms with Gasteiger partial charge in [0.25, 0.3) is 0 Å². The minimum absolute atomic E-state index is 0.324. The molecule has 1 atom stereocenters. The van der Waals surface area contributed by atoms with Crippen LogP contribution in [-0.2, 0) is 12.9 Å². The Morgan fingerprint density at radius 2 is 1.93 bits per heavy atom. The summed E-state index contributed by atoms with van der Waals surface area (Å²) in [5.41, 5.74) is -2.54. The van der Waals surface area contributed by atoms with Gasteiger partial charge in [0, 0.05) is 35.8 Å². The highest BCUT2D eigenvalue weighted by molar-refractivity contribution is 6.02. The van der Waals surface area contributed by atoms with E-state index < -0.39 is 117 Å². The summed E-state index contributed by atoms with van der Waals surface area (Å²) in [6.45, 7) is -11.1. The summed E-state index contributed by atoms with van der Waals surface area (Å²) < 4.78 is 185. The Balaban J connectivity index is 1.94. The quantitative estimate of drug-likeness (QED) is 0.722. The fourth-order valence-electron chi connectivity index (χ4n) is 2.77. The van der Waals surface area contributed by atoms with Gasteiger partial charge in [-0.1, -0.05) is 30.3 Å². The fourth-order valence-corrected chi connectivity index (χ4v) is 2.77. The van der Waals surface area contributed by atoms with Crippen LogP contribution in [0.4, 0.5) is 0 Å². The first-order valence-electron chi connectivity index (χ1n) is 18.7. The van der Waals surface area contributed by atoms with Gasteiger partial charge in [0.2, 0.25) is 0 Å². The van der Waals surface area contributed by atoms with Crippen LogP contribution in [0.1, 0.15) is 69.4 Å². The molecule has 0 saturated carbocycles. The highest BCUT2D eigenvalue weighted by Gasteiger charge is 2.34. The number of nitrogens with zero attached hydrogens (tertiary/aromatic N) is 1. The molecule has 4 rings (SSSR count). The summed E-state index contributed by atoms with van der Waals surface area (Å²) in [6, 6.07) is 3.79. The molecule has 1 fully saturated rings. The van der Waals surface area contributed by atoms with E-state index in [4.69, 9.17) is 33.5 Å². The molecule has 148 valence electrons. The number of likely N-dealkylation sites (tertiary alicyclic amines) is 1. The van der Waals surface area contributed by atoms with Crippen molar-refractivity contribution in [2.75, 3.05) is 27.1 Å². The number of ether oxygens (including phenoxy) is 2. The van der Waals surface area contributed by atoms with Gasteiger partial charge in [-0.05, 0) is 67.6 Å². The molecule has 1 unspecified atom stereocenters. The van der Waals surface area contributed by atoms with E-state index in [0.717, 1.165) is 12.1 Å². The molecule has 1 aliphatic carbocycles. The third-order valence-corrected chi connectivity index (χ3v) is 4.08. The molecule has 1 heterocycles. The molecule has 0 N–H and O–H groups in total. The van der Waals surface area contributed by atoms with Crippen LogP contribution in [0.25, 0.3) is 0 Å². The Morgan fingerprint density at radius 3 is 2.64 bits per heavy atom. The minimum atomic E-state index is -3.96. The number of fused-ring (bicyclic) bond motifs is 1. The molecular formula is C24H29NO3. The number of methoxy groups -OCH3 is 2. The van der Waals surface area contributed by atoms with Crippen LogP contribution in [-0.4, -0.2) is 37.8 Å². The Morgan fingerprint density at radius 1 is 1.21 bits per heavy atom. The second-order valence-corrected chi connectivity index (χ2v) is 5.89. The van der Waals surface area contributed by atoms with Crippen LogP contribution >= 0.6 is 0 Å². The Bertz CT molecular complexity index is 1620. The van der Waals surface area contributed by atoms with Crippen LogP contribution in [0.3, 0.4) is 0 Å². The molecule has 0 spiro atoms. The van der Waals surface area contributed by atoms with E-state index in [9.17, 15) is 4.79 Å². The molecule has 4 heteroatoms. The van der Waals surface area contributed by atoms with Gasteiger partial charge in [-0.2, -0.15) is 0 Å². The molecule has 4 nitrogen and oxygen atoms in total. The zero-order chi connectivity index (χ0) is 37.9. The smallest absolute Gasteiger partial charge is 0.166 e. The van der Waals surface area contributed by atoms with Crippen molar-refractivity contribution in [3.63, 3.8) is 0 Å². The molecule has 0 bridgehead atoms. The number of carbonyl (C=O) groups is 1. The lowest BCUT2D eigenvalue weighted by Crippen LogP contribution is -2.34. The number of rotatable bonds is 6. The lowest BCUT2D eigenvalue weighted by Gasteiger charge is -2.32. The zero-order valence-corrected chi connectivity index (χ0v) is 14.3. The van der Waals surface area contributed by atoms with Crippen LogP contribution in [0, 0.1) is 11.8 Å². The van der Waals surface area contributed by atoms with Gasteiger partial charge in [-0.25, -0.2) is 0 Å². The zero-order valence-electron chi connectivity index (χ0n) is 35.3. The molecule has 2 aromatic carbocycles. The van der Waals surface area contributed by atoms with E-state index in [0.29, 0.717) is 0 Å². The van der Waals surface area contributed by atoms with E-state index in [1.807, 2.05) is 0 Å². The maximum absolute atomic E-state index is 13.9. The first-order valence-corrected chi connectivity index (χ1v) is 8.19. The normalized spacial score (nSPS) is 42.8. The highest BCUT2D eigenvalue weighted by atomic mass is 16.5. The SMILES string of the molecule is [2H]c1c(OC([2H])([2H])[2H])c(OC([2H])([2H])[2H])c([2H])c2c1C(=O)C(CC1([2H])C([2H])([2H])C([2H])([2H])N(C([2H])([2H])c3ccccc3)C([2H])([2H])C1([2H])[2H])C2([2H])[2H]. The summed E-state index contributed by atoms with van der Waals surface area (Å²) in [5, 5.41) is 0. The van der Waals surface area contributed by atoms with E-state index in [2.05, 4.69) is 4.74 Å². The number of hydrogen-bond acceptors (Lipinski definition) is 4. The molecule has 0 aromatic heterocycles. The molecular weight excluding hydrogens is 350 g/mol. The Labute approximate surface area is 197 Å². The largest absolute Gasteiger partial charge is 0.493 e. The summed E-state index contributed by atoms with van der Waals surface area (Å²) in [6.07, 6.45) is -12.9. The Kier molecular flexibility index (Phi) is 1.89. The predicted molar refractivity (Wildman–Crippen MR) is 110 cm³/mol. The van der Waals surface area contributed by atoms with Gasteiger partial charge in [0.15, 0.2) is 17.3 Å². The molecule has 0 amide bonds. The first kappa shape index (κ1) is 6.33. The highest BCUT2D eigenvalue weighted by Crippen LogP contribution is 2.39. The van der Waals surface area contributed by atoms with Crippen molar-refractivity contribution in [3.8, 4) is 11.5 Å². The van der Waals surface area contributed by atoms with Crippen molar-refractivity contribution in [2.24, 2.45) is 11.8 Å². The number of piperidine rings is 1. The van der Waals surface area contributed by atoms with Crippen molar-refractivity contribution in [1.82, 2.24) is 4.90 Å². The lowest BCUT2D eigenvalue weighted by atomic mass is 9.85. The average Bonchev–Trinajstić information content (AvgIpc) is 3.11. The maximum atomic E-state index is 13.9. The number of hydrogen-bond donors (Lipinski definition) is 0. The van der Waals surface area contributed by atoms with Crippen molar-refractivity contribution >= 4 is 5.78 Å². The van der Waals surface area contributed by atoms with Gasteiger partial charge in [-0.3, -0.25) is 9.69 Å². The summed E-state index contributed by atoms with van der Waals surface area (Å²) in [4.78, 5) is 13.6. The van der Waals surface area contributed by atoms with Gasteiger partial charge in [0.05, 0.1) is 25.0 Å². The monoisotopic (exact) mass is 400 g/mol. The van der Waals surface area contributed by atoms with Crippen molar-refractivity contribution in [2.45, 2.75) is 32.0 Å². The standard InChI is InChI=1S/C24H29NO3/c1-27-22-14-19-13-20(24(26)21(19)15-23(22)28-2)12-17-8-10-25(11-9-17)16-18-6-4-3-5-7-18/h3-7,14-15,17,20H,8-13,16H2,1-2H3/i1D3,2D3,8D2,9D2,10D2,11D2,13D2,14D,15D,16D2,17D. The second-order valence-electron chi connectivity index (χ2n) is 5.89. The molecule has 2 aromatic rings. The number of carbonyl (C=O) groups excluding carboxylic acids is 1. The predicted octanol–water partition coefficient (Wildman–Crippen LogP) is 4.36. The second kappa shape index (κ2) is 8.36. The van der Waals surface area contributed by atoms with Gasteiger partial charge in [0.1, 0.15) is 0 Å². The molecule has 28 heavy (non-hydrogen) atoms. The van der Waals surface area contributed by atoms with Crippen LogP contribution in [0.2, 0.25) is 0 Å². The fraction of sp³-hybridized carbons (Fsp3) is 0.458. The van der Waals surface area contributed by atoms with Gasteiger partial charge in [-0.15, -0.1) is 0 Å². The van der Waals surface area contributed by atoms with Gasteiger partial charge >= 0.3 is 0 Å². The van der Waals surface area contributed by atoms with Crippen molar-refractivity contribution in [1.29, 1.82) is 0 Å². The van der Waals surface area contributed by atoms with E-state index in [1.54, 1.807) is 0 Å². The van der Waals surface area contributed by atoms with E-state index >= 15 is 0 Å². The average molecular weight is 401 g/mol. The molecule has 0 radical (unpaired) electrons. The number of benzene rings is 2. The van der Waals surface area contributed by atoms with Crippen molar-refractivity contribution in [3.05, 3.63) is 59.1 Å². The molecule has 1 aliphatic heterocycles. The minimum Gasteiger partial charge on any atom is -0.493 e. The topological polar surface area (TPSA) is 38.8 Å².